The normalized spacial score (nSPS) is 10.7. The summed E-state index contributed by atoms with van der Waals surface area (Å²) in [5.74, 6) is 1.55. The topological polar surface area (TPSA) is 73.1 Å². The lowest BCUT2D eigenvalue weighted by atomic mass is 10.1. The summed E-state index contributed by atoms with van der Waals surface area (Å²) in [5.41, 5.74) is 9.91. The first-order chi connectivity index (χ1) is 13.1. The van der Waals surface area contributed by atoms with Crippen LogP contribution in [-0.2, 0) is 0 Å². The molecule has 0 aliphatic rings. The van der Waals surface area contributed by atoms with E-state index in [0.717, 1.165) is 27.6 Å². The highest BCUT2D eigenvalue weighted by molar-refractivity contribution is 5.88. The minimum absolute atomic E-state index is 0.327. The van der Waals surface area contributed by atoms with Crippen molar-refractivity contribution in [2.45, 2.75) is 13.8 Å². The van der Waals surface area contributed by atoms with E-state index >= 15 is 0 Å². The molecular weight excluding hydrogens is 336 g/mol. The third-order valence-corrected chi connectivity index (χ3v) is 4.29. The molecule has 0 spiro atoms. The Morgan fingerprint density at radius 1 is 0.889 bits per heavy atom. The smallest absolute Gasteiger partial charge is 0.248 e. The molecule has 3 N–H and O–H groups in total. The Morgan fingerprint density at radius 2 is 1.63 bits per heavy atom. The zero-order chi connectivity index (χ0) is 18.8. The molecule has 0 atom stereocenters. The molecular formula is C22H20N4O. The minimum Gasteiger partial charge on any atom is -0.436 e. The number of aromatic nitrogens is 2. The van der Waals surface area contributed by atoms with Crippen molar-refractivity contribution in [1.82, 2.24) is 9.97 Å². The molecule has 27 heavy (non-hydrogen) atoms. The van der Waals surface area contributed by atoms with Crippen molar-refractivity contribution in [1.29, 1.82) is 0 Å². The standard InChI is InChI=1S/C22H20N4O/c1-14-10-15(2)12-17(11-14)26-21-20(23)22(25-13-24-21)27-19-9-5-7-16-6-3-4-8-18(16)19/h3-13H,23H2,1-2H3,(H,24,25,26). The third kappa shape index (κ3) is 3.53. The average Bonchev–Trinajstić information content (AvgIpc) is 2.64. The van der Waals surface area contributed by atoms with Gasteiger partial charge in [0.05, 0.1) is 0 Å². The molecule has 3 aromatic carbocycles. The Labute approximate surface area is 157 Å². The van der Waals surface area contributed by atoms with Crippen molar-refractivity contribution in [2.24, 2.45) is 0 Å². The zero-order valence-electron chi connectivity index (χ0n) is 15.2. The van der Waals surface area contributed by atoms with Gasteiger partial charge >= 0.3 is 0 Å². The highest BCUT2D eigenvalue weighted by Crippen LogP contribution is 2.34. The van der Waals surface area contributed by atoms with Gasteiger partial charge in [0.2, 0.25) is 5.88 Å². The first-order valence-electron chi connectivity index (χ1n) is 8.71. The Kier molecular flexibility index (Phi) is 4.34. The number of anilines is 3. The van der Waals surface area contributed by atoms with E-state index in [9.17, 15) is 0 Å². The first kappa shape index (κ1) is 16.8. The van der Waals surface area contributed by atoms with Crippen LogP contribution in [0.4, 0.5) is 17.2 Å². The summed E-state index contributed by atoms with van der Waals surface area (Å²) < 4.78 is 6.03. The second kappa shape index (κ2) is 6.96. The van der Waals surface area contributed by atoms with Crippen LogP contribution in [0.2, 0.25) is 0 Å². The maximum absolute atomic E-state index is 6.29. The molecule has 5 heteroatoms. The van der Waals surface area contributed by atoms with Crippen LogP contribution in [-0.4, -0.2) is 9.97 Å². The lowest BCUT2D eigenvalue weighted by Crippen LogP contribution is -2.03. The number of rotatable bonds is 4. The van der Waals surface area contributed by atoms with Crippen molar-refractivity contribution in [3.05, 3.63) is 78.1 Å². The molecule has 0 fully saturated rings. The number of nitrogens with two attached hydrogens (primary N) is 1. The zero-order valence-corrected chi connectivity index (χ0v) is 15.2. The Morgan fingerprint density at radius 3 is 2.44 bits per heavy atom. The van der Waals surface area contributed by atoms with Crippen LogP contribution >= 0.6 is 0 Å². The summed E-state index contributed by atoms with van der Waals surface area (Å²) in [6.07, 6.45) is 1.45. The van der Waals surface area contributed by atoms with Gasteiger partial charge in [0.15, 0.2) is 5.82 Å². The summed E-state index contributed by atoms with van der Waals surface area (Å²) in [7, 11) is 0. The van der Waals surface area contributed by atoms with Crippen LogP contribution in [0, 0.1) is 13.8 Å². The van der Waals surface area contributed by atoms with Crippen molar-refractivity contribution >= 4 is 28.0 Å². The Balaban J connectivity index is 1.67. The second-order valence-electron chi connectivity index (χ2n) is 6.52. The maximum Gasteiger partial charge on any atom is 0.248 e. The summed E-state index contributed by atoms with van der Waals surface area (Å²) in [5, 5.41) is 5.36. The number of aryl methyl sites for hydroxylation is 2. The van der Waals surface area contributed by atoms with E-state index in [4.69, 9.17) is 10.5 Å². The fourth-order valence-electron chi connectivity index (χ4n) is 3.13. The number of ether oxygens (including phenoxy) is 1. The van der Waals surface area contributed by atoms with E-state index in [1.807, 2.05) is 54.6 Å². The molecule has 134 valence electrons. The van der Waals surface area contributed by atoms with Crippen LogP contribution in [0.1, 0.15) is 11.1 Å². The summed E-state index contributed by atoms with van der Waals surface area (Å²) >= 11 is 0. The van der Waals surface area contributed by atoms with Crippen molar-refractivity contribution in [2.75, 3.05) is 11.1 Å². The molecule has 4 rings (SSSR count). The molecule has 0 aliphatic carbocycles. The average molecular weight is 356 g/mol. The summed E-state index contributed by atoms with van der Waals surface area (Å²) in [6, 6.07) is 20.1. The van der Waals surface area contributed by atoms with Gasteiger partial charge in [-0.25, -0.2) is 4.98 Å². The van der Waals surface area contributed by atoms with Crippen molar-refractivity contribution < 1.29 is 4.74 Å². The molecule has 0 amide bonds. The van der Waals surface area contributed by atoms with Crippen molar-refractivity contribution in [3.8, 4) is 11.6 Å². The Bertz CT molecular complexity index is 1100. The molecule has 0 aliphatic heterocycles. The minimum atomic E-state index is 0.327. The maximum atomic E-state index is 6.29. The lowest BCUT2D eigenvalue weighted by molar-refractivity contribution is 0.470. The van der Waals surface area contributed by atoms with Gasteiger partial charge in [-0.3, -0.25) is 0 Å². The molecule has 1 heterocycles. The van der Waals surface area contributed by atoms with E-state index < -0.39 is 0 Å². The van der Waals surface area contributed by atoms with Crippen molar-refractivity contribution in [3.63, 3.8) is 0 Å². The SMILES string of the molecule is Cc1cc(C)cc(Nc2ncnc(Oc3cccc4ccccc34)c2N)c1. The van der Waals surface area contributed by atoms with Crippen LogP contribution in [0.5, 0.6) is 11.6 Å². The van der Waals surface area contributed by atoms with Crippen LogP contribution in [0.15, 0.2) is 67.0 Å². The number of benzene rings is 3. The summed E-state index contributed by atoms with van der Waals surface area (Å²) in [4.78, 5) is 8.49. The van der Waals surface area contributed by atoms with Gasteiger partial charge < -0.3 is 15.8 Å². The highest BCUT2D eigenvalue weighted by Gasteiger charge is 2.12. The summed E-state index contributed by atoms with van der Waals surface area (Å²) in [6.45, 7) is 4.10. The van der Waals surface area contributed by atoms with E-state index in [0.29, 0.717) is 23.1 Å². The number of nitrogens with one attached hydrogen (secondary N) is 1. The van der Waals surface area contributed by atoms with Gasteiger partial charge in [-0.1, -0.05) is 42.5 Å². The van der Waals surface area contributed by atoms with Gasteiger partial charge in [0, 0.05) is 11.1 Å². The first-order valence-corrected chi connectivity index (χ1v) is 8.71. The quantitative estimate of drug-likeness (QED) is 0.514. The molecule has 0 bridgehead atoms. The van der Waals surface area contributed by atoms with Crippen LogP contribution in [0.25, 0.3) is 10.8 Å². The second-order valence-corrected chi connectivity index (χ2v) is 6.52. The van der Waals surface area contributed by atoms with E-state index in [1.165, 1.54) is 6.33 Å². The monoisotopic (exact) mass is 356 g/mol. The van der Waals surface area contributed by atoms with E-state index in [-0.39, 0.29) is 0 Å². The third-order valence-electron chi connectivity index (χ3n) is 4.29. The van der Waals surface area contributed by atoms with E-state index in [1.54, 1.807) is 0 Å². The van der Waals surface area contributed by atoms with E-state index in [2.05, 4.69) is 35.2 Å². The molecule has 0 saturated carbocycles. The largest absolute Gasteiger partial charge is 0.436 e. The van der Waals surface area contributed by atoms with Gasteiger partial charge in [-0.15, -0.1) is 0 Å². The molecule has 5 nitrogen and oxygen atoms in total. The number of hydrogen-bond acceptors (Lipinski definition) is 5. The fraction of sp³-hybridized carbons (Fsp3) is 0.0909. The molecule has 0 unspecified atom stereocenters. The predicted molar refractivity (Wildman–Crippen MR) is 110 cm³/mol. The van der Waals surface area contributed by atoms with Crippen LogP contribution in [0.3, 0.4) is 0 Å². The van der Waals surface area contributed by atoms with Gasteiger partial charge in [0.1, 0.15) is 17.8 Å². The van der Waals surface area contributed by atoms with Gasteiger partial charge in [0.25, 0.3) is 0 Å². The molecule has 1 aromatic heterocycles. The number of hydrogen-bond donors (Lipinski definition) is 2. The molecule has 0 radical (unpaired) electrons. The number of fused-ring (bicyclic) bond motifs is 1. The van der Waals surface area contributed by atoms with Crippen LogP contribution < -0.4 is 15.8 Å². The Hall–Kier alpha value is -3.60. The number of nitrogens with zero attached hydrogens (tertiary/aromatic N) is 2. The lowest BCUT2D eigenvalue weighted by Gasteiger charge is -2.13. The molecule has 0 saturated heterocycles. The highest BCUT2D eigenvalue weighted by atomic mass is 16.5. The fourth-order valence-corrected chi connectivity index (χ4v) is 3.13. The molecule has 4 aromatic rings. The van der Waals surface area contributed by atoms with Gasteiger partial charge in [-0.2, -0.15) is 4.98 Å². The number of nitrogen functional groups attached to an aromatic ring is 1. The van der Waals surface area contributed by atoms with Gasteiger partial charge in [-0.05, 0) is 48.6 Å². The predicted octanol–water partition coefficient (Wildman–Crippen LogP) is 5.36.